The molecule has 0 amide bonds. The van der Waals surface area contributed by atoms with Crippen LogP contribution >= 0.6 is 0 Å². The monoisotopic (exact) mass is 169 g/mol. The van der Waals surface area contributed by atoms with Gasteiger partial charge in [0.15, 0.2) is 0 Å². The maximum atomic E-state index is 10.3. The molecule has 0 atom stereocenters. The molecule has 0 aliphatic heterocycles. The average molecular weight is 169 g/mol. The summed E-state index contributed by atoms with van der Waals surface area (Å²) in [4.78, 5) is 10.3. The van der Waals surface area contributed by atoms with Gasteiger partial charge in [-0.3, -0.25) is 0 Å². The van der Waals surface area contributed by atoms with Crippen molar-refractivity contribution in [1.82, 2.24) is 0 Å². The topological polar surface area (TPSA) is 37.3 Å². The zero-order valence-corrected chi connectivity index (χ0v) is 8.74. The van der Waals surface area contributed by atoms with E-state index in [0.717, 1.165) is 0 Å². The molecule has 0 spiro atoms. The van der Waals surface area contributed by atoms with Gasteiger partial charge in [0.2, 0.25) is 0 Å². The van der Waals surface area contributed by atoms with Crippen LogP contribution in [0.15, 0.2) is 24.3 Å². The summed E-state index contributed by atoms with van der Waals surface area (Å²) in [7, 11) is 0. The number of carbonyl (C=O) groups is 1. The predicted octanol–water partition coefficient (Wildman–Crippen LogP) is -1.63. The molecule has 1 aromatic rings. The second-order valence-electron chi connectivity index (χ2n) is 2.03. The zero-order chi connectivity index (χ0) is 8.27. The van der Waals surface area contributed by atoms with Crippen molar-refractivity contribution in [3.05, 3.63) is 35.4 Å². The third-order valence-corrected chi connectivity index (χ3v) is 1.30. The Morgan fingerprint density at radius 3 is 2.17 bits per heavy atom. The zero-order valence-electron chi connectivity index (χ0n) is 6.74. The molecular weight excluding hydrogens is 163 g/mol. The van der Waals surface area contributed by atoms with E-state index in [1.807, 2.05) is 0 Å². The van der Waals surface area contributed by atoms with Crippen molar-refractivity contribution < 1.29 is 39.5 Å². The number of aromatic carboxylic acids is 1. The Morgan fingerprint density at radius 1 is 1.33 bits per heavy atom. The number of hydrogen-bond acceptors (Lipinski definition) is 1. The summed E-state index contributed by atoms with van der Waals surface area (Å²) >= 11 is 0. The minimum absolute atomic E-state index is 0. The molecule has 54 valence electrons. The fourth-order valence-corrected chi connectivity index (χ4v) is 0.709. The smallest absolute Gasteiger partial charge is 0.478 e. The van der Waals surface area contributed by atoms with Crippen molar-refractivity contribution in [3.8, 4) is 12.3 Å². The number of carboxylic acid groups (broad SMARTS) is 1. The minimum atomic E-state index is -0.937. The van der Waals surface area contributed by atoms with Crippen molar-refractivity contribution in [2.45, 2.75) is 0 Å². The van der Waals surface area contributed by atoms with Crippen LogP contribution < -0.4 is 29.6 Å². The van der Waals surface area contributed by atoms with E-state index in [1.54, 1.807) is 12.1 Å². The van der Waals surface area contributed by atoms with Gasteiger partial charge < -0.3 is 5.11 Å². The predicted molar refractivity (Wildman–Crippen MR) is 41.3 cm³/mol. The first-order valence-corrected chi connectivity index (χ1v) is 3.04. The Morgan fingerprint density at radius 2 is 1.83 bits per heavy atom. The van der Waals surface area contributed by atoms with Gasteiger partial charge in [0.25, 0.3) is 0 Å². The van der Waals surface area contributed by atoms with Crippen LogP contribution in [0.4, 0.5) is 0 Å². The molecule has 2 nitrogen and oxygen atoms in total. The van der Waals surface area contributed by atoms with Crippen molar-refractivity contribution in [1.29, 1.82) is 0 Å². The molecule has 1 aromatic carbocycles. The van der Waals surface area contributed by atoms with Gasteiger partial charge in [-0.15, -0.1) is 6.42 Å². The summed E-state index contributed by atoms with van der Waals surface area (Å²) in [6.07, 6.45) is 5.08. The molecule has 0 aromatic heterocycles. The Bertz CT molecular complexity index is 308. The summed E-state index contributed by atoms with van der Waals surface area (Å²) in [5.74, 6) is 1.46. The molecule has 0 bridgehead atoms. The molecule has 12 heavy (non-hydrogen) atoms. The molecular formula is C9H6NaO2+. The van der Waals surface area contributed by atoms with E-state index in [9.17, 15) is 4.79 Å². The van der Waals surface area contributed by atoms with Crippen molar-refractivity contribution in [3.63, 3.8) is 0 Å². The Labute approximate surface area is 92.9 Å². The standard InChI is InChI=1S/C9H6O2.Na/c1-2-7-3-5-8(6-4-7)9(10)11;/h1,3-6H,(H,10,11);/q;+1. The molecule has 1 N–H and O–H groups in total. The van der Waals surface area contributed by atoms with Crippen LogP contribution in [-0.2, 0) is 0 Å². The van der Waals surface area contributed by atoms with Gasteiger partial charge in [0, 0.05) is 5.56 Å². The number of benzene rings is 1. The van der Waals surface area contributed by atoms with Crippen LogP contribution in [0.1, 0.15) is 15.9 Å². The van der Waals surface area contributed by atoms with E-state index in [0.29, 0.717) is 5.56 Å². The normalized spacial score (nSPS) is 7.92. The maximum Gasteiger partial charge on any atom is 1.00 e. The van der Waals surface area contributed by atoms with E-state index in [-0.39, 0.29) is 35.1 Å². The van der Waals surface area contributed by atoms with Crippen molar-refractivity contribution in [2.24, 2.45) is 0 Å². The van der Waals surface area contributed by atoms with Gasteiger partial charge in [-0.1, -0.05) is 5.92 Å². The molecule has 1 rings (SSSR count). The van der Waals surface area contributed by atoms with Crippen LogP contribution in [0.2, 0.25) is 0 Å². The van der Waals surface area contributed by atoms with E-state index in [1.165, 1.54) is 12.1 Å². The number of hydrogen-bond donors (Lipinski definition) is 1. The molecule has 0 saturated heterocycles. The molecule has 0 saturated carbocycles. The summed E-state index contributed by atoms with van der Waals surface area (Å²) in [6.45, 7) is 0. The summed E-state index contributed by atoms with van der Waals surface area (Å²) in [5, 5.41) is 8.50. The van der Waals surface area contributed by atoms with E-state index in [2.05, 4.69) is 5.92 Å². The molecule has 0 fully saturated rings. The van der Waals surface area contributed by atoms with Crippen LogP contribution in [-0.4, -0.2) is 11.1 Å². The Hall–Kier alpha value is -0.750. The van der Waals surface area contributed by atoms with Crippen molar-refractivity contribution >= 4 is 5.97 Å². The third-order valence-electron chi connectivity index (χ3n) is 1.30. The van der Waals surface area contributed by atoms with Crippen LogP contribution in [0, 0.1) is 12.3 Å². The third kappa shape index (κ3) is 2.71. The Balaban J connectivity index is 0.00000121. The SMILES string of the molecule is C#Cc1ccc(C(=O)O)cc1.[Na+]. The Kier molecular flexibility index (Phi) is 4.68. The van der Waals surface area contributed by atoms with Gasteiger partial charge in [-0.2, -0.15) is 0 Å². The number of rotatable bonds is 1. The van der Waals surface area contributed by atoms with Crippen LogP contribution in [0.5, 0.6) is 0 Å². The molecule has 0 heterocycles. The second-order valence-corrected chi connectivity index (χ2v) is 2.03. The van der Waals surface area contributed by atoms with Crippen LogP contribution in [0.25, 0.3) is 0 Å². The summed E-state index contributed by atoms with van der Waals surface area (Å²) in [5.41, 5.74) is 0.944. The van der Waals surface area contributed by atoms with Gasteiger partial charge in [-0.25, -0.2) is 4.79 Å². The molecule has 0 unspecified atom stereocenters. The average Bonchev–Trinajstić information content (AvgIpc) is 2.05. The molecule has 0 aliphatic carbocycles. The molecule has 0 radical (unpaired) electrons. The molecule has 3 heteroatoms. The first kappa shape index (κ1) is 11.2. The minimum Gasteiger partial charge on any atom is -0.478 e. The van der Waals surface area contributed by atoms with Crippen molar-refractivity contribution in [2.75, 3.05) is 0 Å². The van der Waals surface area contributed by atoms with Gasteiger partial charge >= 0.3 is 35.5 Å². The quantitative estimate of drug-likeness (QED) is 0.405. The van der Waals surface area contributed by atoms with Gasteiger partial charge in [0.05, 0.1) is 5.56 Å². The van der Waals surface area contributed by atoms with E-state index >= 15 is 0 Å². The first-order chi connectivity index (χ1) is 5.24. The summed E-state index contributed by atoms with van der Waals surface area (Å²) in [6, 6.07) is 6.17. The fraction of sp³-hybridized carbons (Fsp3) is 0. The maximum absolute atomic E-state index is 10.3. The van der Waals surface area contributed by atoms with E-state index in [4.69, 9.17) is 11.5 Å². The fourth-order valence-electron chi connectivity index (χ4n) is 0.709. The number of carboxylic acids is 1. The van der Waals surface area contributed by atoms with Crippen LogP contribution in [0.3, 0.4) is 0 Å². The van der Waals surface area contributed by atoms with E-state index < -0.39 is 5.97 Å². The van der Waals surface area contributed by atoms with Gasteiger partial charge in [-0.05, 0) is 24.3 Å². The molecule has 0 aliphatic rings. The first-order valence-electron chi connectivity index (χ1n) is 3.04. The second kappa shape index (κ2) is 5.00. The van der Waals surface area contributed by atoms with Gasteiger partial charge in [0.1, 0.15) is 0 Å². The largest absolute Gasteiger partial charge is 1.00 e. The number of terminal acetylenes is 1. The summed E-state index contributed by atoms with van der Waals surface area (Å²) < 4.78 is 0.